The van der Waals surface area contributed by atoms with Crippen molar-refractivity contribution < 1.29 is 17.4 Å². The monoisotopic (exact) mass is 474 g/mol. The summed E-state index contributed by atoms with van der Waals surface area (Å²) in [7, 11) is -5.47. The van der Waals surface area contributed by atoms with Crippen molar-refractivity contribution in [3.8, 4) is 5.75 Å². The number of hydrogen-bond donors (Lipinski definition) is 1. The van der Waals surface area contributed by atoms with E-state index in [0.29, 0.717) is 15.9 Å². The summed E-state index contributed by atoms with van der Waals surface area (Å²) in [5.41, 5.74) is 1.29. The van der Waals surface area contributed by atoms with E-state index in [2.05, 4.69) is 15.9 Å². The van der Waals surface area contributed by atoms with Crippen molar-refractivity contribution in [1.82, 2.24) is 0 Å². The van der Waals surface area contributed by atoms with Gasteiger partial charge in [0.15, 0.2) is 0 Å². The van der Waals surface area contributed by atoms with E-state index >= 15 is 0 Å². The molecule has 0 amide bonds. The van der Waals surface area contributed by atoms with Crippen LogP contribution in [0.1, 0.15) is 19.4 Å². The van der Waals surface area contributed by atoms with E-state index in [1.165, 1.54) is 28.8 Å². The molecule has 148 valence electrons. The number of nitrogens with one attached hydrogen (secondary N) is 1. The maximum Gasteiger partial charge on any atom is 0.264 e. The predicted octanol–water partition coefficient (Wildman–Crippen LogP) is 4.41. The molecule has 0 heterocycles. The van der Waals surface area contributed by atoms with Crippen molar-refractivity contribution in [3.63, 3.8) is 0 Å². The Kier molecular flexibility index (Phi) is 6.28. The minimum absolute atomic E-state index is 0.00792. The van der Waals surface area contributed by atoms with Crippen molar-refractivity contribution >= 4 is 41.4 Å². The Labute approximate surface area is 169 Å². The SMILES string of the molecule is COc1ccc(N(C(C)C)S(=O)(=O)c2ccc(Br)c(S(C)(=N)=O)c2)c(C)c1. The number of rotatable bonds is 6. The number of anilines is 1. The van der Waals surface area contributed by atoms with Crippen LogP contribution in [0, 0.1) is 11.7 Å². The van der Waals surface area contributed by atoms with Crippen LogP contribution in [-0.2, 0) is 19.8 Å². The topological polar surface area (TPSA) is 87.5 Å². The molecule has 0 aromatic heterocycles. The van der Waals surface area contributed by atoms with Crippen LogP contribution in [0.2, 0.25) is 0 Å². The van der Waals surface area contributed by atoms with E-state index < -0.39 is 19.8 Å². The lowest BCUT2D eigenvalue weighted by atomic mass is 10.2. The van der Waals surface area contributed by atoms with E-state index in [4.69, 9.17) is 9.52 Å². The Morgan fingerprint density at radius 3 is 2.22 bits per heavy atom. The van der Waals surface area contributed by atoms with E-state index in [1.807, 2.05) is 6.92 Å². The lowest BCUT2D eigenvalue weighted by Crippen LogP contribution is -2.37. The molecule has 0 aliphatic rings. The summed E-state index contributed by atoms with van der Waals surface area (Å²) in [6, 6.07) is 9.11. The lowest BCUT2D eigenvalue weighted by molar-refractivity contribution is 0.414. The first-order valence-corrected chi connectivity index (χ1v) is 12.3. The molecule has 1 unspecified atom stereocenters. The van der Waals surface area contributed by atoms with Gasteiger partial charge >= 0.3 is 0 Å². The first-order chi connectivity index (χ1) is 12.4. The number of nitrogens with zero attached hydrogens (tertiary/aromatic N) is 1. The van der Waals surface area contributed by atoms with Crippen LogP contribution in [0.15, 0.2) is 50.7 Å². The fourth-order valence-corrected chi connectivity index (χ4v) is 6.54. The van der Waals surface area contributed by atoms with Crippen molar-refractivity contribution in [2.24, 2.45) is 0 Å². The minimum Gasteiger partial charge on any atom is -0.497 e. The zero-order chi connectivity index (χ0) is 20.6. The Morgan fingerprint density at radius 2 is 1.74 bits per heavy atom. The number of methoxy groups -OCH3 is 1. The lowest BCUT2D eigenvalue weighted by Gasteiger charge is -2.30. The van der Waals surface area contributed by atoms with Crippen molar-refractivity contribution in [2.45, 2.75) is 36.6 Å². The van der Waals surface area contributed by atoms with Crippen LogP contribution in [0.5, 0.6) is 5.75 Å². The molecule has 0 saturated heterocycles. The van der Waals surface area contributed by atoms with E-state index in [1.54, 1.807) is 39.2 Å². The molecule has 2 aromatic carbocycles. The highest BCUT2D eigenvalue weighted by molar-refractivity contribution is 9.10. The van der Waals surface area contributed by atoms with Crippen molar-refractivity contribution in [2.75, 3.05) is 17.7 Å². The molecule has 0 fully saturated rings. The highest BCUT2D eigenvalue weighted by Crippen LogP contribution is 2.33. The smallest absolute Gasteiger partial charge is 0.264 e. The van der Waals surface area contributed by atoms with Gasteiger partial charge in [-0.25, -0.2) is 17.4 Å². The second-order valence-corrected chi connectivity index (χ2v) is 11.3. The summed E-state index contributed by atoms with van der Waals surface area (Å²) in [5.74, 6) is 0.642. The Balaban J connectivity index is 2.68. The summed E-state index contributed by atoms with van der Waals surface area (Å²) in [6.45, 7) is 5.39. The van der Waals surface area contributed by atoms with Gasteiger partial charge in [0.25, 0.3) is 10.0 Å². The molecular weight excluding hydrogens is 452 g/mol. The van der Waals surface area contributed by atoms with Crippen LogP contribution in [-0.4, -0.2) is 32.0 Å². The summed E-state index contributed by atoms with van der Waals surface area (Å²) in [5, 5.41) is 0. The molecule has 6 nitrogen and oxygen atoms in total. The Hall–Kier alpha value is -1.58. The second kappa shape index (κ2) is 7.81. The van der Waals surface area contributed by atoms with Crippen molar-refractivity contribution in [3.05, 3.63) is 46.4 Å². The largest absolute Gasteiger partial charge is 0.497 e. The van der Waals surface area contributed by atoms with Gasteiger partial charge in [0, 0.05) is 16.8 Å². The molecule has 2 aromatic rings. The Morgan fingerprint density at radius 1 is 1.11 bits per heavy atom. The first kappa shape index (κ1) is 21.7. The van der Waals surface area contributed by atoms with Crippen LogP contribution < -0.4 is 9.04 Å². The van der Waals surface area contributed by atoms with E-state index in [0.717, 1.165) is 5.56 Å². The molecule has 0 bridgehead atoms. The quantitative estimate of drug-likeness (QED) is 0.671. The standard InChI is InChI=1S/C18H23BrN2O4S2/c1-12(2)21(17-9-6-14(25-4)10-13(17)3)27(23,24)15-7-8-16(19)18(11-15)26(5,20)22/h6-12,20H,1-5H3. The van der Waals surface area contributed by atoms with Crippen LogP contribution in [0.3, 0.4) is 0 Å². The number of hydrogen-bond acceptors (Lipinski definition) is 5. The molecule has 0 saturated carbocycles. The number of halogens is 1. The molecule has 0 aliphatic heterocycles. The summed E-state index contributed by atoms with van der Waals surface area (Å²) in [6.07, 6.45) is 1.26. The number of ether oxygens (including phenoxy) is 1. The maximum absolute atomic E-state index is 13.4. The molecule has 0 spiro atoms. The normalized spacial score (nSPS) is 14.0. The first-order valence-electron chi connectivity index (χ1n) is 8.12. The van der Waals surface area contributed by atoms with Crippen LogP contribution in [0.4, 0.5) is 5.69 Å². The van der Waals surface area contributed by atoms with Gasteiger partial charge in [-0.3, -0.25) is 4.31 Å². The molecular formula is C18H23BrN2O4S2. The van der Waals surface area contributed by atoms with Crippen LogP contribution in [0.25, 0.3) is 0 Å². The Bertz CT molecular complexity index is 1060. The molecule has 27 heavy (non-hydrogen) atoms. The molecule has 2 rings (SSSR count). The van der Waals surface area contributed by atoms with E-state index in [-0.39, 0.29) is 15.8 Å². The van der Waals surface area contributed by atoms with E-state index in [9.17, 15) is 12.6 Å². The van der Waals surface area contributed by atoms with Gasteiger partial charge in [-0.2, -0.15) is 0 Å². The average molecular weight is 475 g/mol. The number of sulfonamides is 1. The zero-order valence-corrected chi connectivity index (χ0v) is 19.0. The highest BCUT2D eigenvalue weighted by Gasteiger charge is 2.29. The molecule has 1 N–H and O–H groups in total. The second-order valence-electron chi connectivity index (χ2n) is 6.48. The average Bonchev–Trinajstić information content (AvgIpc) is 2.55. The molecule has 1 atom stereocenters. The molecule has 0 aliphatic carbocycles. The fraction of sp³-hybridized carbons (Fsp3) is 0.333. The third kappa shape index (κ3) is 4.47. The third-order valence-electron chi connectivity index (χ3n) is 3.99. The summed E-state index contributed by atoms with van der Waals surface area (Å²) < 4.78 is 53.8. The van der Waals surface area contributed by atoms with Gasteiger partial charge in [0.2, 0.25) is 0 Å². The number of aryl methyl sites for hydroxylation is 1. The molecule has 9 heteroatoms. The predicted molar refractivity (Wildman–Crippen MR) is 112 cm³/mol. The van der Waals surface area contributed by atoms with Crippen LogP contribution >= 0.6 is 15.9 Å². The summed E-state index contributed by atoms with van der Waals surface area (Å²) in [4.78, 5) is 0.144. The summed E-state index contributed by atoms with van der Waals surface area (Å²) >= 11 is 3.25. The van der Waals surface area contributed by atoms with Gasteiger partial charge in [-0.1, -0.05) is 0 Å². The molecule has 0 radical (unpaired) electrons. The van der Waals surface area contributed by atoms with Gasteiger partial charge in [-0.05, 0) is 78.7 Å². The van der Waals surface area contributed by atoms with Crippen molar-refractivity contribution in [1.29, 1.82) is 4.78 Å². The fourth-order valence-electron chi connectivity index (χ4n) is 2.74. The minimum atomic E-state index is -3.93. The number of benzene rings is 2. The third-order valence-corrected chi connectivity index (χ3v) is 8.11. The highest BCUT2D eigenvalue weighted by atomic mass is 79.9. The van der Waals surface area contributed by atoms with Gasteiger partial charge in [0.1, 0.15) is 5.75 Å². The zero-order valence-electron chi connectivity index (χ0n) is 15.8. The van der Waals surface area contributed by atoms with Gasteiger partial charge < -0.3 is 4.74 Å². The van der Waals surface area contributed by atoms with Gasteiger partial charge in [0.05, 0.1) is 32.3 Å². The maximum atomic E-state index is 13.4. The van der Waals surface area contributed by atoms with Gasteiger partial charge in [-0.15, -0.1) is 0 Å².